The number of hydrogen-bond donors (Lipinski definition) is 1. The van der Waals surface area contributed by atoms with E-state index in [2.05, 4.69) is 33.9 Å². The first-order chi connectivity index (χ1) is 7.88. The summed E-state index contributed by atoms with van der Waals surface area (Å²) >= 11 is 1.71. The highest BCUT2D eigenvalue weighted by Gasteiger charge is 2.06. The molecule has 1 N–H and O–H groups in total. The summed E-state index contributed by atoms with van der Waals surface area (Å²) in [6.07, 6.45) is 1.54. The third-order valence-electron chi connectivity index (χ3n) is 2.18. The van der Waals surface area contributed by atoms with Crippen molar-refractivity contribution in [3.8, 4) is 0 Å². The number of likely N-dealkylation sites (N-methyl/N-ethyl adjacent to an activating group) is 1. The van der Waals surface area contributed by atoms with Crippen molar-refractivity contribution >= 4 is 11.3 Å². The Hall–Kier alpha value is -1.20. The molecular formula is C11H15N3OS. The van der Waals surface area contributed by atoms with Crippen molar-refractivity contribution in [3.63, 3.8) is 0 Å². The third-order valence-corrected chi connectivity index (χ3v) is 3.06. The Morgan fingerprint density at radius 1 is 1.38 bits per heavy atom. The van der Waals surface area contributed by atoms with Gasteiger partial charge in [0.2, 0.25) is 11.8 Å². The molecule has 2 rings (SSSR count). The van der Waals surface area contributed by atoms with E-state index < -0.39 is 0 Å². The number of nitrogens with zero attached hydrogens (tertiary/aromatic N) is 2. The van der Waals surface area contributed by atoms with E-state index in [1.807, 2.05) is 6.07 Å². The molecule has 0 spiro atoms. The van der Waals surface area contributed by atoms with E-state index in [0.717, 1.165) is 25.9 Å². The SMILES string of the molecule is CCNCCc1nnc(Cc2cccs2)o1. The molecule has 86 valence electrons. The van der Waals surface area contributed by atoms with Crippen LogP contribution in [0, 0.1) is 0 Å². The van der Waals surface area contributed by atoms with Gasteiger partial charge in [-0.25, -0.2) is 0 Å². The highest BCUT2D eigenvalue weighted by atomic mass is 32.1. The largest absolute Gasteiger partial charge is 0.425 e. The van der Waals surface area contributed by atoms with Crippen LogP contribution in [-0.2, 0) is 12.8 Å². The van der Waals surface area contributed by atoms with Crippen molar-refractivity contribution in [1.82, 2.24) is 15.5 Å². The molecule has 2 aromatic rings. The van der Waals surface area contributed by atoms with Crippen molar-refractivity contribution in [3.05, 3.63) is 34.2 Å². The zero-order valence-electron chi connectivity index (χ0n) is 9.27. The molecule has 0 radical (unpaired) electrons. The zero-order valence-corrected chi connectivity index (χ0v) is 10.1. The van der Waals surface area contributed by atoms with E-state index in [-0.39, 0.29) is 0 Å². The zero-order chi connectivity index (χ0) is 11.2. The third kappa shape index (κ3) is 3.15. The molecule has 2 heterocycles. The molecule has 0 saturated carbocycles. The van der Waals surface area contributed by atoms with Crippen LogP contribution in [-0.4, -0.2) is 23.3 Å². The normalized spacial score (nSPS) is 10.8. The van der Waals surface area contributed by atoms with Crippen molar-refractivity contribution < 1.29 is 4.42 Å². The molecule has 0 fully saturated rings. The Balaban J connectivity index is 1.87. The number of thiophene rings is 1. The molecular weight excluding hydrogens is 222 g/mol. The molecule has 0 aliphatic rings. The van der Waals surface area contributed by atoms with Gasteiger partial charge in [-0.1, -0.05) is 13.0 Å². The van der Waals surface area contributed by atoms with Crippen LogP contribution in [0.3, 0.4) is 0 Å². The number of hydrogen-bond acceptors (Lipinski definition) is 5. The van der Waals surface area contributed by atoms with Gasteiger partial charge >= 0.3 is 0 Å². The standard InChI is InChI=1S/C11H15N3OS/c1-2-12-6-5-10-13-14-11(15-10)8-9-4-3-7-16-9/h3-4,7,12H,2,5-6,8H2,1H3. The van der Waals surface area contributed by atoms with Gasteiger partial charge in [0.15, 0.2) is 0 Å². The second-order valence-electron chi connectivity index (χ2n) is 3.45. The maximum atomic E-state index is 5.55. The van der Waals surface area contributed by atoms with E-state index >= 15 is 0 Å². The molecule has 0 amide bonds. The lowest BCUT2D eigenvalue weighted by Crippen LogP contribution is -2.16. The first-order valence-corrected chi connectivity index (χ1v) is 6.31. The summed E-state index contributed by atoms with van der Waals surface area (Å²) in [4.78, 5) is 1.25. The molecule has 0 aromatic carbocycles. The number of rotatable bonds is 6. The summed E-state index contributed by atoms with van der Waals surface area (Å²) in [6.45, 7) is 3.93. The quantitative estimate of drug-likeness (QED) is 0.779. The average Bonchev–Trinajstić information content (AvgIpc) is 2.91. The Morgan fingerprint density at radius 3 is 3.00 bits per heavy atom. The Morgan fingerprint density at radius 2 is 2.25 bits per heavy atom. The molecule has 2 aromatic heterocycles. The van der Waals surface area contributed by atoms with Gasteiger partial charge in [0.05, 0.1) is 6.42 Å². The summed E-state index contributed by atoms with van der Waals surface area (Å²) in [5.74, 6) is 1.42. The lowest BCUT2D eigenvalue weighted by atomic mass is 10.3. The summed E-state index contributed by atoms with van der Waals surface area (Å²) in [7, 11) is 0. The van der Waals surface area contributed by atoms with E-state index in [1.54, 1.807) is 11.3 Å². The van der Waals surface area contributed by atoms with Gasteiger partial charge in [0, 0.05) is 17.8 Å². The minimum absolute atomic E-state index is 0.703. The summed E-state index contributed by atoms with van der Waals surface area (Å²) in [6, 6.07) is 4.11. The van der Waals surface area contributed by atoms with Gasteiger partial charge in [-0.2, -0.15) is 0 Å². The van der Waals surface area contributed by atoms with Gasteiger partial charge in [0.25, 0.3) is 0 Å². The van der Waals surface area contributed by atoms with Crippen LogP contribution in [0.15, 0.2) is 21.9 Å². The van der Waals surface area contributed by atoms with E-state index in [0.29, 0.717) is 11.8 Å². The molecule has 5 heteroatoms. The van der Waals surface area contributed by atoms with Crippen LogP contribution in [0.5, 0.6) is 0 Å². The molecule has 0 aliphatic heterocycles. The fraction of sp³-hybridized carbons (Fsp3) is 0.455. The fourth-order valence-electron chi connectivity index (χ4n) is 1.40. The molecule has 0 aliphatic carbocycles. The highest BCUT2D eigenvalue weighted by molar-refractivity contribution is 7.09. The molecule has 4 nitrogen and oxygen atoms in total. The van der Waals surface area contributed by atoms with Gasteiger partial charge in [0.1, 0.15) is 0 Å². The number of aromatic nitrogens is 2. The van der Waals surface area contributed by atoms with Crippen LogP contribution in [0.25, 0.3) is 0 Å². The van der Waals surface area contributed by atoms with Crippen LogP contribution >= 0.6 is 11.3 Å². The Kier molecular flexibility index (Phi) is 4.07. The summed E-state index contributed by atoms with van der Waals surface area (Å²) in [5, 5.41) is 13.3. The molecule has 0 saturated heterocycles. The van der Waals surface area contributed by atoms with Crippen LogP contribution in [0.2, 0.25) is 0 Å². The van der Waals surface area contributed by atoms with Crippen molar-refractivity contribution in [2.24, 2.45) is 0 Å². The van der Waals surface area contributed by atoms with E-state index in [9.17, 15) is 0 Å². The maximum absolute atomic E-state index is 5.55. The molecule has 0 atom stereocenters. The summed E-state index contributed by atoms with van der Waals surface area (Å²) in [5.41, 5.74) is 0. The lowest BCUT2D eigenvalue weighted by molar-refractivity contribution is 0.453. The summed E-state index contributed by atoms with van der Waals surface area (Å²) < 4.78 is 5.55. The predicted molar refractivity (Wildman–Crippen MR) is 63.7 cm³/mol. The van der Waals surface area contributed by atoms with Crippen molar-refractivity contribution in [2.45, 2.75) is 19.8 Å². The monoisotopic (exact) mass is 237 g/mol. The minimum Gasteiger partial charge on any atom is -0.425 e. The second-order valence-corrected chi connectivity index (χ2v) is 4.48. The second kappa shape index (κ2) is 5.77. The van der Waals surface area contributed by atoms with Gasteiger partial charge in [-0.3, -0.25) is 0 Å². The average molecular weight is 237 g/mol. The lowest BCUT2D eigenvalue weighted by Gasteiger charge is -1.95. The molecule has 0 unspecified atom stereocenters. The minimum atomic E-state index is 0.703. The van der Waals surface area contributed by atoms with Crippen LogP contribution in [0.1, 0.15) is 23.6 Å². The van der Waals surface area contributed by atoms with Crippen LogP contribution < -0.4 is 5.32 Å². The number of nitrogens with one attached hydrogen (secondary N) is 1. The Labute approximate surface area is 98.7 Å². The molecule has 0 bridgehead atoms. The Bertz CT molecular complexity index is 411. The van der Waals surface area contributed by atoms with Gasteiger partial charge in [-0.15, -0.1) is 21.5 Å². The van der Waals surface area contributed by atoms with Crippen molar-refractivity contribution in [1.29, 1.82) is 0 Å². The van der Waals surface area contributed by atoms with Crippen molar-refractivity contribution in [2.75, 3.05) is 13.1 Å². The topological polar surface area (TPSA) is 51.0 Å². The highest BCUT2D eigenvalue weighted by Crippen LogP contribution is 2.13. The predicted octanol–water partition coefficient (Wildman–Crippen LogP) is 1.87. The maximum Gasteiger partial charge on any atom is 0.221 e. The van der Waals surface area contributed by atoms with E-state index in [4.69, 9.17) is 4.42 Å². The van der Waals surface area contributed by atoms with E-state index in [1.165, 1.54) is 4.88 Å². The van der Waals surface area contributed by atoms with Gasteiger partial charge in [-0.05, 0) is 18.0 Å². The first-order valence-electron chi connectivity index (χ1n) is 5.43. The van der Waals surface area contributed by atoms with Gasteiger partial charge < -0.3 is 9.73 Å². The fourth-order valence-corrected chi connectivity index (χ4v) is 2.09. The van der Waals surface area contributed by atoms with Crippen LogP contribution in [0.4, 0.5) is 0 Å². The first kappa shape index (κ1) is 11.3. The smallest absolute Gasteiger partial charge is 0.221 e. The molecule has 16 heavy (non-hydrogen) atoms.